The van der Waals surface area contributed by atoms with E-state index < -0.39 is 0 Å². The fourth-order valence-corrected chi connectivity index (χ4v) is 1.71. The fourth-order valence-electron chi connectivity index (χ4n) is 1.35. The lowest BCUT2D eigenvalue weighted by Gasteiger charge is -2.09. The minimum atomic E-state index is 0. The normalized spacial score (nSPS) is 11.7. The van der Waals surface area contributed by atoms with Gasteiger partial charge < -0.3 is 10.5 Å². The predicted octanol–water partition coefficient (Wildman–Crippen LogP) is 3.57. The average molecular weight is 296 g/mol. The molecule has 98 valence electrons. The van der Waals surface area contributed by atoms with Crippen LogP contribution in [-0.4, -0.2) is 18.4 Å². The molecule has 0 radical (unpaired) electrons. The maximum atomic E-state index is 5.84. The molecule has 0 aromatic heterocycles. The number of ether oxygens (including phenoxy) is 1. The minimum absolute atomic E-state index is 0. The number of rotatable bonds is 7. The lowest BCUT2D eigenvalue weighted by Crippen LogP contribution is -2.21. The van der Waals surface area contributed by atoms with Crippen molar-refractivity contribution in [3.63, 3.8) is 0 Å². The van der Waals surface area contributed by atoms with E-state index in [1.54, 1.807) is 0 Å². The molecule has 0 aliphatic heterocycles. The lowest BCUT2D eigenvalue weighted by molar-refractivity contribution is 0.304. The van der Waals surface area contributed by atoms with Crippen LogP contribution < -0.4 is 10.5 Å². The van der Waals surface area contributed by atoms with Gasteiger partial charge in [-0.25, -0.2) is 0 Å². The highest BCUT2D eigenvalue weighted by Crippen LogP contribution is 2.17. The van der Waals surface area contributed by atoms with Crippen molar-refractivity contribution in [2.75, 3.05) is 12.4 Å². The minimum Gasteiger partial charge on any atom is -0.494 e. The highest BCUT2D eigenvalue weighted by Gasteiger charge is 1.99. The van der Waals surface area contributed by atoms with Crippen LogP contribution in [0.25, 0.3) is 0 Å². The van der Waals surface area contributed by atoms with Gasteiger partial charge in [0.15, 0.2) is 0 Å². The molecule has 0 aliphatic rings. The van der Waals surface area contributed by atoms with E-state index in [2.05, 4.69) is 12.6 Å². The van der Waals surface area contributed by atoms with Crippen molar-refractivity contribution in [1.82, 2.24) is 0 Å². The quantitative estimate of drug-likeness (QED) is 0.596. The molecule has 0 heterocycles. The molecule has 0 aliphatic carbocycles. The van der Waals surface area contributed by atoms with Crippen LogP contribution in [0.1, 0.15) is 19.3 Å². The van der Waals surface area contributed by atoms with Gasteiger partial charge in [-0.3, -0.25) is 0 Å². The van der Waals surface area contributed by atoms with Crippen LogP contribution in [0.15, 0.2) is 24.3 Å². The summed E-state index contributed by atoms with van der Waals surface area (Å²) in [4.78, 5) is 0. The number of hydrogen-bond acceptors (Lipinski definition) is 3. The van der Waals surface area contributed by atoms with Crippen LogP contribution in [0.2, 0.25) is 5.02 Å². The second kappa shape index (κ2) is 9.89. The zero-order valence-electron chi connectivity index (χ0n) is 9.64. The molecule has 17 heavy (non-hydrogen) atoms. The molecule has 0 fully saturated rings. The third kappa shape index (κ3) is 7.77. The Morgan fingerprint density at radius 1 is 1.35 bits per heavy atom. The average Bonchev–Trinajstić information content (AvgIpc) is 2.28. The van der Waals surface area contributed by atoms with Crippen LogP contribution in [0.5, 0.6) is 5.75 Å². The van der Waals surface area contributed by atoms with Crippen molar-refractivity contribution in [3.8, 4) is 5.75 Å². The highest BCUT2D eigenvalue weighted by molar-refractivity contribution is 7.80. The molecule has 0 amide bonds. The van der Waals surface area contributed by atoms with E-state index in [4.69, 9.17) is 22.1 Å². The Morgan fingerprint density at radius 2 is 2.12 bits per heavy atom. The van der Waals surface area contributed by atoms with Crippen molar-refractivity contribution in [1.29, 1.82) is 0 Å². The number of halogens is 2. The Balaban J connectivity index is 0.00000256. The second-order valence-corrected chi connectivity index (χ2v) is 4.55. The highest BCUT2D eigenvalue weighted by atomic mass is 35.5. The van der Waals surface area contributed by atoms with E-state index >= 15 is 0 Å². The van der Waals surface area contributed by atoms with E-state index in [-0.39, 0.29) is 18.4 Å². The summed E-state index contributed by atoms with van der Waals surface area (Å²) in [5.41, 5.74) is 5.75. The third-order valence-corrected chi connectivity index (χ3v) is 2.97. The number of unbranched alkanes of at least 4 members (excludes halogenated alkanes) is 1. The molecule has 0 bridgehead atoms. The molecular weight excluding hydrogens is 277 g/mol. The van der Waals surface area contributed by atoms with Crippen LogP contribution in [0, 0.1) is 0 Å². The Labute approximate surface area is 120 Å². The summed E-state index contributed by atoms with van der Waals surface area (Å²) in [5.74, 6) is 1.57. The van der Waals surface area contributed by atoms with E-state index in [0.29, 0.717) is 11.6 Å². The van der Waals surface area contributed by atoms with Crippen LogP contribution in [0.3, 0.4) is 0 Å². The van der Waals surface area contributed by atoms with Crippen molar-refractivity contribution in [2.24, 2.45) is 5.73 Å². The maximum absolute atomic E-state index is 5.84. The monoisotopic (exact) mass is 295 g/mol. The third-order valence-electron chi connectivity index (χ3n) is 2.27. The van der Waals surface area contributed by atoms with Crippen LogP contribution >= 0.6 is 36.6 Å². The van der Waals surface area contributed by atoms with Crippen LogP contribution in [0.4, 0.5) is 0 Å². The molecular formula is C12H19Cl2NOS. The first-order chi connectivity index (χ1) is 7.72. The van der Waals surface area contributed by atoms with Crippen LogP contribution in [-0.2, 0) is 0 Å². The number of benzene rings is 1. The van der Waals surface area contributed by atoms with E-state index in [9.17, 15) is 0 Å². The summed E-state index contributed by atoms with van der Waals surface area (Å²) in [6, 6.07) is 7.65. The van der Waals surface area contributed by atoms with Crippen molar-refractivity contribution in [2.45, 2.75) is 25.3 Å². The zero-order valence-corrected chi connectivity index (χ0v) is 12.1. The maximum Gasteiger partial charge on any atom is 0.120 e. The molecule has 1 rings (SSSR count). The number of thiol groups is 1. The second-order valence-electron chi connectivity index (χ2n) is 3.74. The van der Waals surface area contributed by atoms with Crippen molar-refractivity contribution >= 4 is 36.6 Å². The first kappa shape index (κ1) is 16.9. The summed E-state index contributed by atoms with van der Waals surface area (Å²) < 4.78 is 5.56. The molecule has 0 saturated heterocycles. The van der Waals surface area contributed by atoms with Gasteiger partial charge in [0, 0.05) is 16.8 Å². The smallest absolute Gasteiger partial charge is 0.120 e. The molecule has 0 spiro atoms. The zero-order chi connectivity index (χ0) is 11.8. The van der Waals surface area contributed by atoms with E-state index in [0.717, 1.165) is 30.8 Å². The van der Waals surface area contributed by atoms with Gasteiger partial charge in [0.25, 0.3) is 0 Å². The summed E-state index contributed by atoms with van der Waals surface area (Å²) in [7, 11) is 0. The predicted molar refractivity (Wildman–Crippen MR) is 79.9 cm³/mol. The Bertz CT molecular complexity index is 312. The Hall–Kier alpha value is -0.0900. The summed E-state index contributed by atoms with van der Waals surface area (Å²) >= 11 is 9.98. The SMILES string of the molecule is Cl.N[C@@H](CS)CCCCOc1cccc(Cl)c1. The summed E-state index contributed by atoms with van der Waals surface area (Å²) in [6.45, 7) is 0.708. The van der Waals surface area contributed by atoms with Crippen molar-refractivity contribution < 1.29 is 4.74 Å². The standard InChI is InChI=1S/C12H18ClNOS.ClH/c13-10-4-3-6-12(8-10)15-7-2-1-5-11(14)9-16;/h3-4,6,8,11,16H,1-2,5,7,9,14H2;1H/t11-;/m1./s1. The molecule has 1 aromatic rings. The van der Waals surface area contributed by atoms with Gasteiger partial charge in [0.1, 0.15) is 5.75 Å². The Morgan fingerprint density at radius 3 is 2.76 bits per heavy atom. The number of hydrogen-bond donors (Lipinski definition) is 2. The van der Waals surface area contributed by atoms with Gasteiger partial charge in [-0.1, -0.05) is 17.7 Å². The van der Waals surface area contributed by atoms with Gasteiger partial charge in [-0.05, 0) is 37.5 Å². The number of nitrogens with two attached hydrogens (primary N) is 1. The van der Waals surface area contributed by atoms with Gasteiger partial charge in [0.2, 0.25) is 0 Å². The van der Waals surface area contributed by atoms with Crippen molar-refractivity contribution in [3.05, 3.63) is 29.3 Å². The topological polar surface area (TPSA) is 35.2 Å². The van der Waals surface area contributed by atoms with E-state index in [1.807, 2.05) is 24.3 Å². The fraction of sp³-hybridized carbons (Fsp3) is 0.500. The van der Waals surface area contributed by atoms with Gasteiger partial charge in [0.05, 0.1) is 6.61 Å². The lowest BCUT2D eigenvalue weighted by atomic mass is 10.1. The summed E-state index contributed by atoms with van der Waals surface area (Å²) in [6.07, 6.45) is 3.08. The van der Waals surface area contributed by atoms with Gasteiger partial charge in [-0.15, -0.1) is 12.4 Å². The van der Waals surface area contributed by atoms with E-state index in [1.165, 1.54) is 0 Å². The molecule has 0 unspecified atom stereocenters. The first-order valence-corrected chi connectivity index (χ1v) is 6.48. The molecule has 1 aromatic carbocycles. The molecule has 1 atom stereocenters. The van der Waals surface area contributed by atoms with Gasteiger partial charge >= 0.3 is 0 Å². The molecule has 2 nitrogen and oxygen atoms in total. The Kier molecular flexibility index (Phi) is 9.84. The summed E-state index contributed by atoms with van der Waals surface area (Å²) in [5, 5.41) is 0.703. The molecule has 5 heteroatoms. The first-order valence-electron chi connectivity index (χ1n) is 5.47. The molecule has 0 saturated carbocycles. The largest absolute Gasteiger partial charge is 0.494 e. The van der Waals surface area contributed by atoms with Gasteiger partial charge in [-0.2, -0.15) is 12.6 Å². The molecule has 2 N–H and O–H groups in total.